The molecule has 3 heterocycles. The van der Waals surface area contributed by atoms with E-state index in [0.717, 1.165) is 24.3 Å². The number of rotatable bonds is 4. The number of pyridine rings is 1. The van der Waals surface area contributed by atoms with E-state index >= 15 is 0 Å². The Hall–Kier alpha value is -1.88. The first-order valence-electron chi connectivity index (χ1n) is 7.51. The molecule has 1 fully saturated rings. The lowest BCUT2D eigenvalue weighted by molar-refractivity contribution is 0.0600. The minimum Gasteiger partial charge on any atom is -0.465 e. The van der Waals surface area contributed by atoms with Crippen LogP contribution in [0.1, 0.15) is 35.8 Å². The average molecular weight is 287 g/mol. The van der Waals surface area contributed by atoms with Gasteiger partial charge in [0.2, 0.25) is 0 Å². The first-order valence-corrected chi connectivity index (χ1v) is 7.51. The maximum atomic E-state index is 11.6. The summed E-state index contributed by atoms with van der Waals surface area (Å²) in [6.07, 6.45) is 7.30. The summed E-state index contributed by atoms with van der Waals surface area (Å²) in [6, 6.07) is 4.22. The molecular formula is C16H21N3O2. The highest BCUT2D eigenvalue weighted by Crippen LogP contribution is 2.20. The Morgan fingerprint density at radius 2 is 2.29 bits per heavy atom. The molecule has 1 aliphatic heterocycles. The molecule has 0 aromatic carbocycles. The average Bonchev–Trinajstić information content (AvgIpc) is 3.11. The van der Waals surface area contributed by atoms with Gasteiger partial charge in [-0.1, -0.05) is 6.92 Å². The third kappa shape index (κ3) is 2.78. The van der Waals surface area contributed by atoms with Gasteiger partial charge in [0, 0.05) is 24.9 Å². The van der Waals surface area contributed by atoms with E-state index in [4.69, 9.17) is 4.74 Å². The maximum absolute atomic E-state index is 11.6. The van der Waals surface area contributed by atoms with E-state index in [9.17, 15) is 4.79 Å². The lowest BCUT2D eigenvalue weighted by Gasteiger charge is -2.21. The molecule has 112 valence electrons. The van der Waals surface area contributed by atoms with Crippen molar-refractivity contribution in [2.24, 2.45) is 0 Å². The summed E-state index contributed by atoms with van der Waals surface area (Å²) >= 11 is 0. The largest absolute Gasteiger partial charge is 0.465 e. The molecular weight excluding hydrogens is 266 g/mol. The number of esters is 1. The third-order valence-corrected chi connectivity index (χ3v) is 4.27. The highest BCUT2D eigenvalue weighted by Gasteiger charge is 2.23. The lowest BCUT2D eigenvalue weighted by Crippen LogP contribution is -2.30. The Morgan fingerprint density at radius 3 is 3.05 bits per heavy atom. The third-order valence-electron chi connectivity index (χ3n) is 4.27. The van der Waals surface area contributed by atoms with Gasteiger partial charge < -0.3 is 14.0 Å². The molecule has 1 saturated heterocycles. The number of hydrogen-bond donors (Lipinski definition) is 0. The molecule has 0 radical (unpaired) electrons. The van der Waals surface area contributed by atoms with Gasteiger partial charge in [-0.25, -0.2) is 9.78 Å². The number of carbonyl (C=O) groups is 1. The maximum Gasteiger partial charge on any atom is 0.339 e. The van der Waals surface area contributed by atoms with Crippen LogP contribution in [0.15, 0.2) is 24.5 Å². The summed E-state index contributed by atoms with van der Waals surface area (Å²) in [7, 11) is 1.39. The Morgan fingerprint density at radius 1 is 1.43 bits per heavy atom. The van der Waals surface area contributed by atoms with Crippen LogP contribution < -0.4 is 0 Å². The van der Waals surface area contributed by atoms with Gasteiger partial charge in [-0.15, -0.1) is 0 Å². The zero-order valence-electron chi connectivity index (χ0n) is 12.6. The normalized spacial score (nSPS) is 19.2. The van der Waals surface area contributed by atoms with Gasteiger partial charge in [0.15, 0.2) is 0 Å². The van der Waals surface area contributed by atoms with Gasteiger partial charge in [-0.2, -0.15) is 0 Å². The molecule has 1 aliphatic rings. The van der Waals surface area contributed by atoms with E-state index < -0.39 is 0 Å². The van der Waals surface area contributed by atoms with Gasteiger partial charge >= 0.3 is 5.97 Å². The second-order valence-electron chi connectivity index (χ2n) is 5.54. The highest BCUT2D eigenvalue weighted by atomic mass is 16.5. The zero-order chi connectivity index (χ0) is 14.8. The van der Waals surface area contributed by atoms with Crippen LogP contribution in [-0.4, -0.2) is 46.5 Å². The summed E-state index contributed by atoms with van der Waals surface area (Å²) in [5, 5.41) is 0. The fourth-order valence-electron chi connectivity index (χ4n) is 3.17. The number of ether oxygens (including phenoxy) is 1. The number of nitrogens with zero attached hydrogens (tertiary/aromatic N) is 3. The molecule has 21 heavy (non-hydrogen) atoms. The van der Waals surface area contributed by atoms with Gasteiger partial charge in [0.05, 0.1) is 18.4 Å². The standard InChI is InChI=1S/C16H21N3O2/c1-3-18-8-4-5-14(18)9-13-11-19-10-12(16(20)21-2)6-7-15(19)17-13/h6-7,10-11,14H,3-5,8-9H2,1-2H3. The Labute approximate surface area is 124 Å². The number of likely N-dealkylation sites (N-methyl/N-ethyl adjacent to an activating group) is 1. The van der Waals surface area contributed by atoms with Crippen LogP contribution in [0.3, 0.4) is 0 Å². The van der Waals surface area contributed by atoms with Crippen molar-refractivity contribution in [3.05, 3.63) is 35.8 Å². The molecule has 5 nitrogen and oxygen atoms in total. The quantitative estimate of drug-likeness (QED) is 0.808. The van der Waals surface area contributed by atoms with Crippen LogP contribution in [-0.2, 0) is 11.2 Å². The van der Waals surface area contributed by atoms with Gasteiger partial charge in [0.25, 0.3) is 0 Å². The van der Waals surface area contributed by atoms with Crippen molar-refractivity contribution in [3.63, 3.8) is 0 Å². The van der Waals surface area contributed by atoms with E-state index in [2.05, 4.69) is 16.8 Å². The molecule has 0 spiro atoms. The molecule has 0 aliphatic carbocycles. The summed E-state index contributed by atoms with van der Waals surface area (Å²) in [4.78, 5) is 18.7. The monoisotopic (exact) mass is 287 g/mol. The SMILES string of the molecule is CCN1CCCC1Cc1cn2cc(C(=O)OC)ccc2n1. The molecule has 0 amide bonds. The minimum absolute atomic E-state index is 0.319. The van der Waals surface area contributed by atoms with E-state index in [1.807, 2.05) is 16.7 Å². The van der Waals surface area contributed by atoms with Crippen molar-refractivity contribution in [2.45, 2.75) is 32.2 Å². The second-order valence-corrected chi connectivity index (χ2v) is 5.54. The summed E-state index contributed by atoms with van der Waals surface area (Å²) in [5.41, 5.74) is 2.51. The molecule has 5 heteroatoms. The van der Waals surface area contributed by atoms with Crippen molar-refractivity contribution < 1.29 is 9.53 Å². The fourth-order valence-corrected chi connectivity index (χ4v) is 3.17. The molecule has 0 saturated carbocycles. The number of hydrogen-bond acceptors (Lipinski definition) is 4. The molecule has 0 bridgehead atoms. The Bertz CT molecular complexity index is 650. The number of carbonyl (C=O) groups excluding carboxylic acids is 1. The minimum atomic E-state index is -0.319. The predicted octanol–water partition coefficient (Wildman–Crippen LogP) is 2.15. The van der Waals surface area contributed by atoms with Crippen molar-refractivity contribution >= 4 is 11.6 Å². The lowest BCUT2D eigenvalue weighted by atomic mass is 10.1. The van der Waals surface area contributed by atoms with E-state index in [1.54, 1.807) is 12.3 Å². The molecule has 0 N–H and O–H groups in total. The highest BCUT2D eigenvalue weighted by molar-refractivity contribution is 5.89. The van der Waals surface area contributed by atoms with Crippen molar-refractivity contribution in [3.8, 4) is 0 Å². The molecule has 2 aromatic rings. The second kappa shape index (κ2) is 5.85. The van der Waals surface area contributed by atoms with Crippen LogP contribution in [0.4, 0.5) is 0 Å². The number of likely N-dealkylation sites (tertiary alicyclic amines) is 1. The summed E-state index contributed by atoms with van der Waals surface area (Å²) in [6.45, 7) is 4.51. The van der Waals surface area contributed by atoms with Crippen LogP contribution in [0.2, 0.25) is 0 Å². The van der Waals surface area contributed by atoms with E-state index in [-0.39, 0.29) is 5.97 Å². The van der Waals surface area contributed by atoms with Crippen molar-refractivity contribution in [2.75, 3.05) is 20.2 Å². The molecule has 1 atom stereocenters. The van der Waals surface area contributed by atoms with Crippen LogP contribution in [0, 0.1) is 0 Å². The van der Waals surface area contributed by atoms with Crippen LogP contribution >= 0.6 is 0 Å². The number of imidazole rings is 1. The van der Waals surface area contributed by atoms with Gasteiger partial charge in [-0.3, -0.25) is 0 Å². The molecule has 2 aromatic heterocycles. The van der Waals surface area contributed by atoms with Crippen molar-refractivity contribution in [1.82, 2.24) is 14.3 Å². The smallest absolute Gasteiger partial charge is 0.339 e. The van der Waals surface area contributed by atoms with E-state index in [0.29, 0.717) is 11.6 Å². The Balaban J connectivity index is 1.82. The first-order chi connectivity index (χ1) is 10.2. The number of aromatic nitrogens is 2. The fraction of sp³-hybridized carbons (Fsp3) is 0.500. The topological polar surface area (TPSA) is 46.8 Å². The molecule has 1 unspecified atom stereocenters. The number of methoxy groups -OCH3 is 1. The zero-order valence-corrected chi connectivity index (χ0v) is 12.6. The Kier molecular flexibility index (Phi) is 3.92. The van der Waals surface area contributed by atoms with Gasteiger partial charge in [-0.05, 0) is 38.1 Å². The van der Waals surface area contributed by atoms with Crippen LogP contribution in [0.5, 0.6) is 0 Å². The first kappa shape index (κ1) is 14.1. The molecule has 3 rings (SSSR count). The van der Waals surface area contributed by atoms with Crippen molar-refractivity contribution in [1.29, 1.82) is 0 Å². The number of fused-ring (bicyclic) bond motifs is 1. The predicted molar refractivity (Wildman–Crippen MR) is 80.5 cm³/mol. The van der Waals surface area contributed by atoms with E-state index in [1.165, 1.54) is 26.5 Å². The summed E-state index contributed by atoms with van der Waals surface area (Å²) < 4.78 is 6.66. The van der Waals surface area contributed by atoms with Gasteiger partial charge in [0.1, 0.15) is 5.65 Å². The summed E-state index contributed by atoms with van der Waals surface area (Å²) in [5.74, 6) is -0.319. The van der Waals surface area contributed by atoms with Crippen LogP contribution in [0.25, 0.3) is 5.65 Å².